The second-order valence-corrected chi connectivity index (χ2v) is 31.5. The van der Waals surface area contributed by atoms with Crippen LogP contribution in [0.1, 0.15) is 213 Å². The van der Waals surface area contributed by atoms with Crippen LogP contribution < -0.4 is 35.9 Å². The Morgan fingerprint density at radius 3 is 1.06 bits per heavy atom. The number of carboxylic acid groups (broad SMARTS) is 2. The molecule has 0 amide bonds. The van der Waals surface area contributed by atoms with Crippen molar-refractivity contribution in [3.63, 3.8) is 0 Å². The minimum Gasteiger partial charge on any atom is -0.481 e. The molecule has 36 heteroatoms. The molecular formula is C76H127Cl4F5N4O21P2. The molecule has 0 aliphatic carbocycles. The average molecular weight is 1730 g/mol. The van der Waals surface area contributed by atoms with Gasteiger partial charge in [0.1, 0.15) is 35.7 Å². The predicted octanol–water partition coefficient (Wildman–Crippen LogP) is 17.8. The van der Waals surface area contributed by atoms with E-state index < -0.39 is 121 Å². The Labute approximate surface area is 681 Å². The highest BCUT2D eigenvalue weighted by atomic mass is 35.9. The molecule has 0 unspecified atom stereocenters. The Morgan fingerprint density at radius 2 is 0.741 bits per heavy atom. The van der Waals surface area contributed by atoms with Crippen molar-refractivity contribution in [2.75, 3.05) is 52.9 Å². The molecule has 0 spiro atoms. The number of nitrogens with one attached hydrogen (secondary N) is 1. The summed E-state index contributed by atoms with van der Waals surface area (Å²) in [4.78, 5) is 80.5. The molecule has 112 heavy (non-hydrogen) atoms. The van der Waals surface area contributed by atoms with Crippen LogP contribution in [0.15, 0.2) is 60.7 Å². The maximum Gasteiger partial charge on any atom is 0.513 e. The molecule has 5 atom stereocenters. The van der Waals surface area contributed by atoms with E-state index in [1.807, 2.05) is 27.7 Å². The minimum absolute atomic E-state index is 0. The number of rotatable bonds is 48. The van der Waals surface area contributed by atoms with Crippen LogP contribution in [0, 0.1) is 70.5 Å². The van der Waals surface area contributed by atoms with Gasteiger partial charge >= 0.3 is 55.6 Å². The van der Waals surface area contributed by atoms with Crippen molar-refractivity contribution in [1.29, 1.82) is 0 Å². The summed E-state index contributed by atoms with van der Waals surface area (Å²) in [7, 11) is -5.24. The molecule has 3 aromatic rings. The van der Waals surface area contributed by atoms with Gasteiger partial charge in [-0.15, -0.1) is 24.8 Å². The molecule has 3 aromatic carbocycles. The fourth-order valence-electron chi connectivity index (χ4n) is 8.88. The monoisotopic (exact) mass is 1730 g/mol. The molecule has 3 rings (SSSR count). The van der Waals surface area contributed by atoms with E-state index in [4.69, 9.17) is 92.5 Å². The Bertz CT molecular complexity index is 3080. The Balaban J connectivity index is -0.000000458. The Morgan fingerprint density at radius 1 is 0.420 bits per heavy atom. The van der Waals surface area contributed by atoms with Crippen LogP contribution in [0.2, 0.25) is 0 Å². The number of halogens is 9. The maximum atomic E-state index is 14.5. The number of ether oxygens (including phenoxy) is 6. The third-order valence-electron chi connectivity index (χ3n) is 17.6. The maximum absolute atomic E-state index is 14.5. The molecule has 0 aliphatic heterocycles. The van der Waals surface area contributed by atoms with Crippen LogP contribution in [0.4, 0.5) is 22.0 Å². The summed E-state index contributed by atoms with van der Waals surface area (Å²) in [6, 6.07) is 10.8. The van der Waals surface area contributed by atoms with E-state index >= 15 is 0 Å². The first-order valence-corrected chi connectivity index (χ1v) is 42.7. The van der Waals surface area contributed by atoms with Crippen LogP contribution in [0.3, 0.4) is 0 Å². The number of aliphatic carboxylic acids is 2. The SMILES string of the molecule is CCC(CC)CO.CCC(CC)COC(=O)C[C@H](N)C(=O)OCC(CC)CC.CCC(CC)COC(=O)C[C@H](N[P@](=O)(Oc1ccccc1)Oc1c(F)c(F)c(F)c(F)c1F)C(=O)OCC(CC)CC.CCC(CC)COCC[C@H](N)C(=O)OCC(CC)CC.Cl.Cl.N[C@@H](CC(=O)O)C(=O)O.O=P(Cl)(Cl)Oc1ccccc1. The highest BCUT2D eigenvalue weighted by Gasteiger charge is 2.41. The van der Waals surface area contributed by atoms with E-state index in [1.165, 1.54) is 24.3 Å². The molecule has 0 bridgehead atoms. The van der Waals surface area contributed by atoms with Gasteiger partial charge in [0.05, 0.1) is 52.3 Å². The zero-order valence-corrected chi connectivity index (χ0v) is 72.2. The molecule has 0 fully saturated rings. The second kappa shape index (κ2) is 67.5. The summed E-state index contributed by atoms with van der Waals surface area (Å²) in [6.07, 6.45) is 8.71. The topological polar surface area (TPSA) is 387 Å². The zero-order chi connectivity index (χ0) is 84.5. The number of esters is 5. The lowest BCUT2D eigenvalue weighted by Gasteiger charge is -2.25. The van der Waals surface area contributed by atoms with Gasteiger partial charge in [-0.1, -0.05) is 223 Å². The van der Waals surface area contributed by atoms with E-state index in [2.05, 4.69) is 78.8 Å². The van der Waals surface area contributed by atoms with Gasteiger partial charge in [0.2, 0.25) is 34.8 Å². The highest BCUT2D eigenvalue weighted by molar-refractivity contribution is 8.05. The van der Waals surface area contributed by atoms with Crippen molar-refractivity contribution in [3.05, 3.63) is 89.7 Å². The van der Waals surface area contributed by atoms with Gasteiger partial charge in [0.15, 0.2) is 0 Å². The standard InChI is InChI=1S/C28H35F5NO7P.C16H31NO4.C16H33NO3.C6H5Cl2O2P.C6H14O.C4H7NO4.2ClH/c1-5-17(6-2)15-38-21(35)14-20(28(36)39-16-18(7-3)8-4)34-42(37,40-19-12-10-9-11-13-19)41-27-25(32)23(30)22(29)24(31)26(27)33;1-5-12(6-2)10-20-15(18)9-14(17)16(19)21-11-13(7-3)8-4;1-5-13(6-2)11-19-10-9-15(17)16(18)20-12-14(7-3)8-4;7-11(8,9)10-6-4-2-1-3-5-6;1-3-6(4-2)5-7;5-2(4(8)9)1-3(6)7;;/h9-13,17-18,20H,5-8,14-16H2,1-4H3,(H,34,37);12-14H,5-11,17H2,1-4H3;13-15H,5-12,17H2,1-4H3;1-5H;6-7H,3-5H2,1-2H3;2H,1,5H2,(H,6,7)(H,8,9);2*1H/t20-,42-;14-;15-;;;2-;;/m000..0../s1. The lowest BCUT2D eigenvalue weighted by molar-refractivity contribution is -0.153. The fourth-order valence-corrected chi connectivity index (χ4v) is 11.2. The zero-order valence-electron chi connectivity index (χ0n) is 67.3. The largest absolute Gasteiger partial charge is 0.513 e. The molecule has 0 saturated heterocycles. The number of benzene rings is 3. The molecule has 10 N–H and O–H groups in total. The lowest BCUT2D eigenvalue weighted by Crippen LogP contribution is -2.41. The molecule has 0 aliphatic rings. The predicted molar refractivity (Wildman–Crippen MR) is 428 cm³/mol. The number of aliphatic hydroxyl groups excluding tert-OH is 1. The summed E-state index contributed by atoms with van der Waals surface area (Å²) < 4.78 is 141. The molecule has 650 valence electrons. The van der Waals surface area contributed by atoms with Crippen LogP contribution in [-0.4, -0.2) is 134 Å². The summed E-state index contributed by atoms with van der Waals surface area (Å²) in [5.41, 5.74) is 16.3. The van der Waals surface area contributed by atoms with E-state index in [1.54, 1.807) is 36.4 Å². The van der Waals surface area contributed by atoms with Gasteiger partial charge in [-0.2, -0.15) is 13.9 Å². The minimum atomic E-state index is -5.24. The summed E-state index contributed by atoms with van der Waals surface area (Å²) in [6.45, 7) is 31.3. The van der Waals surface area contributed by atoms with Crippen molar-refractivity contribution >= 4 is 103 Å². The van der Waals surface area contributed by atoms with Crippen LogP contribution in [-0.2, 0) is 71.1 Å². The highest BCUT2D eigenvalue weighted by Crippen LogP contribution is 2.57. The quantitative estimate of drug-likeness (QED) is 0.00525. The third kappa shape index (κ3) is 53.5. The summed E-state index contributed by atoms with van der Waals surface area (Å²) >= 11 is 10.3. The smallest absolute Gasteiger partial charge is 0.481 e. The van der Waals surface area contributed by atoms with Gasteiger partial charge in [0.25, 0.3) is 0 Å². The van der Waals surface area contributed by atoms with Gasteiger partial charge in [-0.3, -0.25) is 33.6 Å². The first kappa shape index (κ1) is 115. The van der Waals surface area contributed by atoms with Crippen molar-refractivity contribution in [1.82, 2.24) is 5.09 Å². The number of hydrogen-bond donors (Lipinski definition) is 7. The normalized spacial score (nSPS) is 12.5. The molecular weight excluding hydrogens is 1600 g/mol. The number of aliphatic hydroxyl groups is 1. The summed E-state index contributed by atoms with van der Waals surface area (Å²) in [5.74, 6) is -17.3. The Hall–Kier alpha value is -5.62. The van der Waals surface area contributed by atoms with E-state index in [0.717, 1.165) is 70.8 Å². The van der Waals surface area contributed by atoms with Gasteiger partial charge in [-0.25, -0.2) is 22.3 Å². The average Bonchev–Trinajstić information content (AvgIpc) is 0.781. The third-order valence-corrected chi connectivity index (χ3v) is 19.9. The molecule has 0 heterocycles. The van der Waals surface area contributed by atoms with E-state index in [-0.39, 0.29) is 68.0 Å². The number of carbonyl (C=O) groups excluding carboxylic acids is 5. The van der Waals surface area contributed by atoms with Crippen LogP contribution in [0.5, 0.6) is 17.2 Å². The first-order chi connectivity index (χ1) is 51.9. The van der Waals surface area contributed by atoms with Crippen LogP contribution >= 0.6 is 61.1 Å². The van der Waals surface area contributed by atoms with Gasteiger partial charge in [-0.05, 0) is 72.1 Å². The van der Waals surface area contributed by atoms with Crippen LogP contribution in [0.25, 0.3) is 0 Å². The van der Waals surface area contributed by atoms with Crippen molar-refractivity contribution in [2.45, 2.75) is 237 Å². The molecule has 0 radical (unpaired) electrons. The number of para-hydroxylation sites is 2. The molecule has 0 aromatic heterocycles. The van der Waals surface area contributed by atoms with E-state index in [0.29, 0.717) is 100 Å². The second-order valence-electron chi connectivity index (χ2n) is 25.6. The first-order valence-electron chi connectivity index (χ1n) is 37.7. The number of carboxylic acids is 2. The molecule has 25 nitrogen and oxygen atoms in total. The van der Waals surface area contributed by atoms with E-state index in [9.17, 15) is 64.6 Å². The number of nitrogens with two attached hydrogens (primary N) is 3. The van der Waals surface area contributed by atoms with Gasteiger partial charge < -0.3 is 74.5 Å². The number of carbonyl (C=O) groups is 7. The van der Waals surface area contributed by atoms with Crippen molar-refractivity contribution in [3.8, 4) is 17.2 Å². The van der Waals surface area contributed by atoms with Gasteiger partial charge in [0, 0.05) is 42.3 Å². The summed E-state index contributed by atoms with van der Waals surface area (Å²) in [5, 5.41) is 26.7. The molecule has 0 saturated carbocycles. The Kier molecular flexibility index (Phi) is 69.3. The number of hydrogen-bond acceptors (Lipinski definition) is 22. The van der Waals surface area contributed by atoms with Crippen molar-refractivity contribution < 1.29 is 122 Å². The fraction of sp³-hybridized carbons (Fsp3) is 0.671. The van der Waals surface area contributed by atoms with Crippen molar-refractivity contribution in [2.24, 2.45) is 58.6 Å². The lowest BCUT2D eigenvalue weighted by atomic mass is 10.1.